The van der Waals surface area contributed by atoms with Gasteiger partial charge in [0.15, 0.2) is 0 Å². The molecule has 7 unspecified atom stereocenters. The molecule has 0 radical (unpaired) electrons. The van der Waals surface area contributed by atoms with Crippen molar-refractivity contribution in [3.63, 3.8) is 0 Å². The zero-order valence-corrected chi connectivity index (χ0v) is 17.3. The number of hydrazine groups is 1. The molecule has 4 rings (SSSR count). The molecule has 4 fully saturated rings. The van der Waals surface area contributed by atoms with Gasteiger partial charge in [-0.25, -0.2) is 5.43 Å². The highest BCUT2D eigenvalue weighted by atomic mass is 35.5. The predicted octanol–water partition coefficient (Wildman–Crippen LogP) is 2.10. The van der Waals surface area contributed by atoms with Crippen molar-refractivity contribution in [3.8, 4) is 0 Å². The highest BCUT2D eigenvalue weighted by molar-refractivity contribution is 6.20. The third kappa shape index (κ3) is 5.56. The number of ether oxygens (including phenoxy) is 2. The topological polar surface area (TPSA) is 66.6 Å². The summed E-state index contributed by atoms with van der Waals surface area (Å²) in [6.45, 7) is 3.33. The summed E-state index contributed by atoms with van der Waals surface area (Å²) in [5, 5.41) is 6.76. The second-order valence-corrected chi connectivity index (χ2v) is 9.45. The Morgan fingerprint density at radius 3 is 2.69 bits per heavy atom. The van der Waals surface area contributed by atoms with Crippen LogP contribution in [0.4, 0.5) is 13.2 Å². The van der Waals surface area contributed by atoms with Crippen LogP contribution in [0.25, 0.3) is 0 Å². The van der Waals surface area contributed by atoms with Crippen molar-refractivity contribution in [1.29, 1.82) is 0 Å². The lowest BCUT2D eigenvalue weighted by Crippen LogP contribution is -2.71. The van der Waals surface area contributed by atoms with Crippen LogP contribution in [0.1, 0.15) is 38.5 Å². The molecular weight excluding hydrogens is 409 g/mol. The first kappa shape index (κ1) is 22.0. The van der Waals surface area contributed by atoms with Crippen molar-refractivity contribution < 1.29 is 22.6 Å². The summed E-state index contributed by atoms with van der Waals surface area (Å²) < 4.78 is 49.3. The van der Waals surface area contributed by atoms with Gasteiger partial charge in [0.05, 0.1) is 18.4 Å². The Morgan fingerprint density at radius 2 is 1.93 bits per heavy atom. The molecule has 3 heterocycles. The van der Waals surface area contributed by atoms with Gasteiger partial charge in [-0.3, -0.25) is 15.5 Å². The quantitative estimate of drug-likeness (QED) is 0.491. The molecule has 3 aliphatic heterocycles. The number of hydrogen-bond acceptors (Lipinski definition) is 6. The van der Waals surface area contributed by atoms with E-state index in [0.717, 1.165) is 51.9 Å². The Hall–Kier alpha value is -0.160. The number of rotatable bonds is 5. The Balaban J connectivity index is 1.43. The standard InChI is InChI=1S/C19H32ClF3N4O2/c20-11-3-4-14(16(8-11)29-19(21,22)23)17-13-5-6-24-10-15(13)18(27-26-17)25-9-12-2-1-7-28-12/h11-18,24-27H,1-10H2/t11?,12-,13?,14?,15?,16?,17?,18?/m1/s1. The first-order valence-corrected chi connectivity index (χ1v) is 11.3. The number of hydrogen-bond donors (Lipinski definition) is 4. The molecular formula is C19H32ClF3N4O2. The lowest BCUT2D eigenvalue weighted by Gasteiger charge is -2.51. The van der Waals surface area contributed by atoms with E-state index in [2.05, 4.69) is 26.2 Å². The predicted molar refractivity (Wildman–Crippen MR) is 103 cm³/mol. The molecule has 8 atom stereocenters. The average molecular weight is 441 g/mol. The first-order chi connectivity index (χ1) is 13.9. The van der Waals surface area contributed by atoms with Crippen LogP contribution in [0.2, 0.25) is 0 Å². The molecule has 4 aliphatic rings. The minimum Gasteiger partial charge on any atom is -0.377 e. The van der Waals surface area contributed by atoms with Crippen molar-refractivity contribution in [1.82, 2.24) is 21.5 Å². The normalized spacial score (nSPS) is 43.9. The fourth-order valence-corrected chi connectivity index (χ4v) is 5.93. The summed E-state index contributed by atoms with van der Waals surface area (Å²) in [4.78, 5) is 0. The number of fused-ring (bicyclic) bond motifs is 1. The van der Waals surface area contributed by atoms with Crippen LogP contribution in [0.3, 0.4) is 0 Å². The number of alkyl halides is 4. The van der Waals surface area contributed by atoms with E-state index in [0.29, 0.717) is 6.42 Å². The molecule has 3 saturated heterocycles. The summed E-state index contributed by atoms with van der Waals surface area (Å²) in [6, 6.07) is -0.0700. The molecule has 10 heteroatoms. The van der Waals surface area contributed by atoms with Gasteiger partial charge in [-0.1, -0.05) is 0 Å². The minimum absolute atomic E-state index is 0.0552. The first-order valence-electron chi connectivity index (χ1n) is 10.9. The van der Waals surface area contributed by atoms with Gasteiger partial charge in [0.1, 0.15) is 0 Å². The molecule has 0 aromatic rings. The van der Waals surface area contributed by atoms with Crippen LogP contribution in [-0.2, 0) is 9.47 Å². The zero-order chi connectivity index (χ0) is 20.4. The van der Waals surface area contributed by atoms with Gasteiger partial charge in [-0.15, -0.1) is 24.8 Å². The van der Waals surface area contributed by atoms with Crippen LogP contribution in [0.15, 0.2) is 0 Å². The maximum Gasteiger partial charge on any atom is 0.522 e. The summed E-state index contributed by atoms with van der Waals surface area (Å²) >= 11 is 6.19. The Bertz CT molecular complexity index is 538. The molecule has 4 N–H and O–H groups in total. The molecule has 0 bridgehead atoms. The van der Waals surface area contributed by atoms with Gasteiger partial charge in [0.25, 0.3) is 0 Å². The summed E-state index contributed by atoms with van der Waals surface area (Å²) in [7, 11) is 0. The van der Waals surface area contributed by atoms with Crippen LogP contribution < -0.4 is 21.5 Å². The van der Waals surface area contributed by atoms with Gasteiger partial charge in [0, 0.05) is 43.0 Å². The molecule has 0 aromatic heterocycles. The Morgan fingerprint density at radius 1 is 1.07 bits per heavy atom. The highest BCUT2D eigenvalue weighted by Gasteiger charge is 2.49. The van der Waals surface area contributed by atoms with E-state index in [-0.39, 0.29) is 47.9 Å². The van der Waals surface area contributed by atoms with Crippen molar-refractivity contribution in [2.75, 3.05) is 26.2 Å². The van der Waals surface area contributed by atoms with Crippen LogP contribution in [0.5, 0.6) is 0 Å². The number of halogens is 4. The van der Waals surface area contributed by atoms with E-state index in [9.17, 15) is 13.2 Å². The molecule has 0 spiro atoms. The second kappa shape index (κ2) is 9.54. The zero-order valence-electron chi connectivity index (χ0n) is 16.5. The molecule has 0 amide bonds. The van der Waals surface area contributed by atoms with Gasteiger partial charge >= 0.3 is 6.36 Å². The largest absolute Gasteiger partial charge is 0.522 e. The van der Waals surface area contributed by atoms with Crippen LogP contribution in [0, 0.1) is 17.8 Å². The minimum atomic E-state index is -4.64. The molecule has 1 saturated carbocycles. The molecule has 1 aliphatic carbocycles. The van der Waals surface area contributed by atoms with E-state index < -0.39 is 12.5 Å². The maximum absolute atomic E-state index is 13.0. The lowest BCUT2D eigenvalue weighted by molar-refractivity contribution is -0.352. The number of piperidine rings is 1. The third-order valence-electron chi connectivity index (χ3n) is 6.99. The molecule has 168 valence electrons. The van der Waals surface area contributed by atoms with Crippen molar-refractivity contribution >= 4 is 11.6 Å². The average Bonchev–Trinajstić information content (AvgIpc) is 3.19. The van der Waals surface area contributed by atoms with Gasteiger partial charge in [-0.2, -0.15) is 0 Å². The summed E-state index contributed by atoms with van der Waals surface area (Å²) in [5.74, 6) is 0.344. The summed E-state index contributed by atoms with van der Waals surface area (Å²) in [6.07, 6.45) is -0.551. The fraction of sp³-hybridized carbons (Fsp3) is 1.00. The number of nitrogens with one attached hydrogen (secondary N) is 4. The van der Waals surface area contributed by atoms with Gasteiger partial charge < -0.3 is 10.1 Å². The molecule has 29 heavy (non-hydrogen) atoms. The van der Waals surface area contributed by atoms with E-state index in [1.54, 1.807) is 0 Å². The Kier molecular flexibility index (Phi) is 7.26. The lowest BCUT2D eigenvalue weighted by atomic mass is 9.69. The smallest absolute Gasteiger partial charge is 0.377 e. The third-order valence-corrected chi connectivity index (χ3v) is 7.39. The van der Waals surface area contributed by atoms with Crippen molar-refractivity contribution in [2.45, 2.75) is 74.7 Å². The van der Waals surface area contributed by atoms with Crippen LogP contribution >= 0.6 is 11.6 Å². The van der Waals surface area contributed by atoms with Crippen molar-refractivity contribution in [3.05, 3.63) is 0 Å². The van der Waals surface area contributed by atoms with Crippen LogP contribution in [-0.4, -0.2) is 62.4 Å². The van der Waals surface area contributed by atoms with E-state index in [1.807, 2.05) is 0 Å². The second-order valence-electron chi connectivity index (χ2n) is 8.83. The Labute approximate surface area is 174 Å². The van der Waals surface area contributed by atoms with E-state index in [4.69, 9.17) is 16.3 Å². The van der Waals surface area contributed by atoms with Gasteiger partial charge in [0.2, 0.25) is 0 Å². The fourth-order valence-electron chi connectivity index (χ4n) is 5.63. The van der Waals surface area contributed by atoms with Gasteiger partial charge in [-0.05, 0) is 51.0 Å². The van der Waals surface area contributed by atoms with E-state index in [1.165, 1.54) is 0 Å². The molecule has 6 nitrogen and oxygen atoms in total. The monoisotopic (exact) mass is 440 g/mol. The summed E-state index contributed by atoms with van der Waals surface area (Å²) in [5.41, 5.74) is 6.73. The van der Waals surface area contributed by atoms with Crippen molar-refractivity contribution in [2.24, 2.45) is 17.8 Å². The van der Waals surface area contributed by atoms with E-state index >= 15 is 0 Å². The molecule has 0 aromatic carbocycles. The SMILES string of the molecule is FC(F)(F)OC1CC(Cl)CCC1C1NNC(NC[C@H]2CCCO2)C2CNCCC21. The highest BCUT2D eigenvalue weighted by Crippen LogP contribution is 2.41. The maximum atomic E-state index is 13.0.